The van der Waals surface area contributed by atoms with Crippen molar-refractivity contribution in [3.63, 3.8) is 0 Å². The van der Waals surface area contributed by atoms with E-state index >= 15 is 0 Å². The minimum Gasteiger partial charge on any atom is -0.396 e. The van der Waals surface area contributed by atoms with Gasteiger partial charge in [0.15, 0.2) is 0 Å². The third-order valence-electron chi connectivity index (χ3n) is 3.76. The van der Waals surface area contributed by atoms with E-state index in [-0.39, 0.29) is 18.9 Å². The van der Waals surface area contributed by atoms with Gasteiger partial charge < -0.3 is 15.4 Å². The summed E-state index contributed by atoms with van der Waals surface area (Å²) in [5.41, 5.74) is 4.48. The number of carbonyl (C=O) groups excluding carboxylic acids is 1. The van der Waals surface area contributed by atoms with Crippen molar-refractivity contribution in [2.24, 2.45) is 0 Å². The van der Waals surface area contributed by atoms with Crippen molar-refractivity contribution in [2.75, 3.05) is 11.9 Å². The maximum Gasteiger partial charge on any atom is 0.228 e. The van der Waals surface area contributed by atoms with E-state index in [9.17, 15) is 4.79 Å². The number of aliphatic hydroxyl groups excluding tert-OH is 1. The number of H-pyrrole nitrogens is 1. The fourth-order valence-electron chi connectivity index (χ4n) is 2.64. The molecular weight excluding hydrogens is 290 g/mol. The smallest absolute Gasteiger partial charge is 0.228 e. The summed E-state index contributed by atoms with van der Waals surface area (Å²) in [6, 6.07) is 11.5. The summed E-state index contributed by atoms with van der Waals surface area (Å²) >= 11 is 0. The number of aryl methyl sites for hydroxylation is 1. The lowest BCUT2D eigenvalue weighted by atomic mass is 10.1. The highest BCUT2D eigenvalue weighted by atomic mass is 16.2. The van der Waals surface area contributed by atoms with Gasteiger partial charge in [-0.25, -0.2) is 0 Å². The van der Waals surface area contributed by atoms with Crippen LogP contribution in [0.2, 0.25) is 0 Å². The molecule has 0 unspecified atom stereocenters. The Morgan fingerprint density at radius 3 is 2.91 bits per heavy atom. The van der Waals surface area contributed by atoms with Gasteiger partial charge in [0.05, 0.1) is 17.5 Å². The Balaban J connectivity index is 1.72. The van der Waals surface area contributed by atoms with Crippen LogP contribution in [-0.4, -0.2) is 27.6 Å². The van der Waals surface area contributed by atoms with Gasteiger partial charge >= 0.3 is 0 Å². The van der Waals surface area contributed by atoms with Crippen molar-refractivity contribution in [1.29, 1.82) is 0 Å². The van der Waals surface area contributed by atoms with E-state index in [4.69, 9.17) is 5.11 Å². The Morgan fingerprint density at radius 1 is 1.17 bits per heavy atom. The number of para-hydroxylation sites is 1. The van der Waals surface area contributed by atoms with E-state index < -0.39 is 0 Å². The maximum atomic E-state index is 12.3. The first-order chi connectivity index (χ1) is 11.3. The van der Waals surface area contributed by atoms with Crippen LogP contribution in [0.5, 0.6) is 0 Å². The number of fused-ring (bicyclic) bond motifs is 1. The lowest BCUT2D eigenvalue weighted by Gasteiger charge is -2.10. The van der Waals surface area contributed by atoms with Gasteiger partial charge in [-0.05, 0) is 36.6 Å². The third kappa shape index (κ3) is 3.57. The number of aromatic nitrogens is 2. The Labute approximate surface area is 134 Å². The zero-order chi connectivity index (χ0) is 16.1. The molecule has 1 aromatic carbocycles. The van der Waals surface area contributed by atoms with Crippen LogP contribution in [0.15, 0.2) is 48.8 Å². The number of anilines is 1. The predicted octanol–water partition coefficient (Wildman–Crippen LogP) is 2.67. The highest BCUT2D eigenvalue weighted by Crippen LogP contribution is 2.19. The molecule has 0 aliphatic rings. The lowest BCUT2D eigenvalue weighted by molar-refractivity contribution is -0.115. The number of benzene rings is 1. The molecule has 0 fully saturated rings. The van der Waals surface area contributed by atoms with Crippen LogP contribution in [-0.2, 0) is 17.6 Å². The molecule has 0 radical (unpaired) electrons. The fourth-order valence-corrected chi connectivity index (χ4v) is 2.64. The van der Waals surface area contributed by atoms with Gasteiger partial charge in [-0.3, -0.25) is 9.78 Å². The molecule has 5 heteroatoms. The summed E-state index contributed by atoms with van der Waals surface area (Å²) in [7, 11) is 0. The zero-order valence-corrected chi connectivity index (χ0v) is 12.7. The lowest BCUT2D eigenvalue weighted by Crippen LogP contribution is -2.15. The number of rotatable bonds is 6. The van der Waals surface area contributed by atoms with E-state index in [1.807, 2.05) is 42.6 Å². The summed E-state index contributed by atoms with van der Waals surface area (Å²) < 4.78 is 0. The maximum absolute atomic E-state index is 12.3. The first-order valence-electron chi connectivity index (χ1n) is 7.67. The van der Waals surface area contributed by atoms with Crippen molar-refractivity contribution in [1.82, 2.24) is 9.97 Å². The van der Waals surface area contributed by atoms with Crippen LogP contribution in [0, 0.1) is 0 Å². The minimum atomic E-state index is -0.0759. The molecule has 0 bridgehead atoms. The summed E-state index contributed by atoms with van der Waals surface area (Å²) in [6.45, 7) is 0.142. The second-order valence-electron chi connectivity index (χ2n) is 5.42. The Kier molecular flexibility index (Phi) is 4.68. The average molecular weight is 309 g/mol. The van der Waals surface area contributed by atoms with Crippen molar-refractivity contribution in [2.45, 2.75) is 19.3 Å². The largest absolute Gasteiger partial charge is 0.396 e. The van der Waals surface area contributed by atoms with Gasteiger partial charge in [0.25, 0.3) is 0 Å². The number of pyridine rings is 1. The molecule has 0 saturated heterocycles. The van der Waals surface area contributed by atoms with E-state index in [1.54, 1.807) is 6.20 Å². The monoisotopic (exact) mass is 309 g/mol. The van der Waals surface area contributed by atoms with Crippen LogP contribution in [0.1, 0.15) is 17.5 Å². The molecule has 0 aliphatic heterocycles. The topological polar surface area (TPSA) is 78.0 Å². The summed E-state index contributed by atoms with van der Waals surface area (Å²) in [6.07, 6.45) is 5.24. The normalized spacial score (nSPS) is 10.8. The van der Waals surface area contributed by atoms with Crippen LogP contribution in [0.4, 0.5) is 5.69 Å². The molecule has 3 rings (SSSR count). The molecule has 1 amide bonds. The molecule has 2 aromatic heterocycles. The molecular formula is C18H19N3O2. The summed E-state index contributed by atoms with van der Waals surface area (Å²) in [4.78, 5) is 19.8. The van der Waals surface area contributed by atoms with Crippen LogP contribution in [0.25, 0.3) is 11.0 Å². The number of amides is 1. The Morgan fingerprint density at radius 2 is 2.04 bits per heavy atom. The van der Waals surface area contributed by atoms with Gasteiger partial charge in [-0.15, -0.1) is 0 Å². The number of aromatic amines is 1. The molecule has 23 heavy (non-hydrogen) atoms. The van der Waals surface area contributed by atoms with E-state index in [1.165, 1.54) is 0 Å². The van der Waals surface area contributed by atoms with E-state index in [2.05, 4.69) is 15.3 Å². The number of nitrogens with one attached hydrogen (secondary N) is 2. The molecule has 0 saturated carbocycles. The molecule has 0 spiro atoms. The molecule has 2 heterocycles. The summed E-state index contributed by atoms with van der Waals surface area (Å²) in [5, 5.41) is 11.9. The van der Waals surface area contributed by atoms with Crippen molar-refractivity contribution >= 4 is 22.6 Å². The van der Waals surface area contributed by atoms with Crippen molar-refractivity contribution in [3.05, 3.63) is 59.9 Å². The first-order valence-corrected chi connectivity index (χ1v) is 7.67. The first kappa shape index (κ1) is 15.2. The third-order valence-corrected chi connectivity index (χ3v) is 3.76. The predicted molar refractivity (Wildman–Crippen MR) is 90.3 cm³/mol. The standard InChI is InChI=1S/C18H19N3O2/c22-10-4-6-13-5-1-2-7-15(13)21-17(23)11-14-12-20-16-8-3-9-19-18(14)16/h1-3,5,7-9,12,20,22H,4,6,10-11H2,(H,21,23). The fraction of sp³-hybridized carbons (Fsp3) is 0.222. The number of hydrogen-bond acceptors (Lipinski definition) is 3. The van der Waals surface area contributed by atoms with Gasteiger partial charge in [0, 0.05) is 30.3 Å². The van der Waals surface area contributed by atoms with Gasteiger partial charge in [-0.1, -0.05) is 18.2 Å². The molecule has 0 atom stereocenters. The van der Waals surface area contributed by atoms with Gasteiger partial charge in [0.1, 0.15) is 0 Å². The average Bonchev–Trinajstić information content (AvgIpc) is 2.97. The number of aliphatic hydroxyl groups is 1. The molecule has 3 aromatic rings. The Hall–Kier alpha value is -2.66. The minimum absolute atomic E-state index is 0.0759. The summed E-state index contributed by atoms with van der Waals surface area (Å²) in [5.74, 6) is -0.0759. The number of nitrogens with zero attached hydrogens (tertiary/aromatic N) is 1. The van der Waals surface area contributed by atoms with E-state index in [0.717, 1.165) is 34.3 Å². The molecule has 0 aliphatic carbocycles. The molecule has 5 nitrogen and oxygen atoms in total. The quantitative estimate of drug-likeness (QED) is 0.655. The van der Waals surface area contributed by atoms with Crippen molar-refractivity contribution in [3.8, 4) is 0 Å². The van der Waals surface area contributed by atoms with E-state index in [0.29, 0.717) is 6.42 Å². The second kappa shape index (κ2) is 7.07. The number of hydrogen-bond donors (Lipinski definition) is 3. The van der Waals surface area contributed by atoms with Crippen molar-refractivity contribution < 1.29 is 9.90 Å². The van der Waals surface area contributed by atoms with Gasteiger partial charge in [0.2, 0.25) is 5.91 Å². The molecule has 118 valence electrons. The van der Waals surface area contributed by atoms with Crippen LogP contribution in [0.3, 0.4) is 0 Å². The SMILES string of the molecule is O=C(Cc1c[nH]c2cccnc12)Nc1ccccc1CCCO. The molecule has 3 N–H and O–H groups in total. The Bertz CT molecular complexity index is 811. The second-order valence-corrected chi connectivity index (χ2v) is 5.42. The van der Waals surface area contributed by atoms with Gasteiger partial charge in [-0.2, -0.15) is 0 Å². The van der Waals surface area contributed by atoms with Crippen LogP contribution < -0.4 is 5.32 Å². The highest BCUT2D eigenvalue weighted by molar-refractivity contribution is 5.95. The van der Waals surface area contributed by atoms with Crippen LogP contribution >= 0.6 is 0 Å². The highest BCUT2D eigenvalue weighted by Gasteiger charge is 2.11. The zero-order valence-electron chi connectivity index (χ0n) is 12.7. The number of carbonyl (C=O) groups is 1.